The highest BCUT2D eigenvalue weighted by atomic mass is 19.1. The second kappa shape index (κ2) is 3.26. The Kier molecular flexibility index (Phi) is 2.19. The Morgan fingerprint density at radius 3 is 2.32 bits per heavy atom. The summed E-state index contributed by atoms with van der Waals surface area (Å²) in [6.45, 7) is 3.59. The van der Waals surface area contributed by atoms with Crippen LogP contribution in [0.3, 0.4) is 0 Å². The summed E-state index contributed by atoms with van der Waals surface area (Å²) >= 11 is 0. The van der Waals surface area contributed by atoms with Crippen molar-refractivity contribution in [3.8, 4) is 6.07 Å². The van der Waals surface area contributed by atoms with Gasteiger partial charge in [0.2, 0.25) is 5.67 Å². The van der Waals surface area contributed by atoms with Crippen LogP contribution in [0.2, 0.25) is 0 Å². The first-order valence-corrected chi connectivity index (χ1v) is 6.26. The van der Waals surface area contributed by atoms with Gasteiger partial charge in [0.05, 0.1) is 24.2 Å². The minimum Gasteiger partial charge on any atom is -0.367 e. The summed E-state index contributed by atoms with van der Waals surface area (Å²) in [6.07, 6.45) is -0.446. The van der Waals surface area contributed by atoms with Gasteiger partial charge in [-0.05, 0) is 13.8 Å². The van der Waals surface area contributed by atoms with Crippen LogP contribution < -0.4 is 11.5 Å². The number of rotatable bonds is 1. The van der Waals surface area contributed by atoms with Gasteiger partial charge >= 0.3 is 0 Å². The highest BCUT2D eigenvalue weighted by molar-refractivity contribution is 5.89. The Morgan fingerprint density at radius 2 is 1.89 bits per heavy atom. The monoisotopic (exact) mass is 269 g/mol. The number of halogens is 1. The van der Waals surface area contributed by atoms with Gasteiger partial charge in [0.25, 0.3) is 5.91 Å². The Balaban J connectivity index is 2.03. The fourth-order valence-corrected chi connectivity index (χ4v) is 3.73. The first kappa shape index (κ1) is 12.8. The molecular formula is C12H16FN3O3. The van der Waals surface area contributed by atoms with Crippen molar-refractivity contribution in [2.24, 2.45) is 23.3 Å². The van der Waals surface area contributed by atoms with Gasteiger partial charge in [0.1, 0.15) is 5.54 Å². The minimum absolute atomic E-state index is 0.0550. The highest BCUT2D eigenvalue weighted by Crippen LogP contribution is 2.72. The summed E-state index contributed by atoms with van der Waals surface area (Å²) < 4.78 is 26.1. The van der Waals surface area contributed by atoms with Crippen molar-refractivity contribution in [1.29, 1.82) is 5.26 Å². The standard InChI is InChI=1S/C12H16FN3O3/c1-5-6(2)19-11(18-5)3-10(16,4-14)7-8(11)12(7,13)9(15)17/h5-8H,3,16H2,1-2H3,(H2,15,17)/t5?,6?,7-,8+,10?,11?,12+/m1/s1. The maximum Gasteiger partial charge on any atom is 0.256 e. The van der Waals surface area contributed by atoms with Crippen molar-refractivity contribution < 1.29 is 18.7 Å². The SMILES string of the molecule is CC1OC2(CC(N)(C#N)[C@H]3[C@@H]2[C@]3(F)C(N)=O)OC1C. The molecule has 1 amide bonds. The molecule has 0 radical (unpaired) electrons. The van der Waals surface area contributed by atoms with E-state index < -0.39 is 34.7 Å². The number of carbonyl (C=O) groups excluding carboxylic acids is 1. The first-order valence-electron chi connectivity index (χ1n) is 6.26. The summed E-state index contributed by atoms with van der Waals surface area (Å²) in [4.78, 5) is 11.4. The molecule has 0 aromatic carbocycles. The lowest BCUT2D eigenvalue weighted by molar-refractivity contribution is -0.196. The van der Waals surface area contributed by atoms with E-state index in [2.05, 4.69) is 0 Å². The van der Waals surface area contributed by atoms with Crippen molar-refractivity contribution in [3.05, 3.63) is 0 Å². The van der Waals surface area contributed by atoms with Crippen molar-refractivity contribution in [2.75, 3.05) is 0 Å². The number of nitriles is 1. The third-order valence-electron chi connectivity index (χ3n) is 4.71. The van der Waals surface area contributed by atoms with Gasteiger partial charge in [-0.1, -0.05) is 0 Å². The zero-order valence-corrected chi connectivity index (χ0v) is 10.7. The molecule has 3 aliphatic rings. The Morgan fingerprint density at radius 1 is 1.37 bits per heavy atom. The number of ether oxygens (including phenoxy) is 2. The van der Waals surface area contributed by atoms with Crippen LogP contribution in [0, 0.1) is 23.2 Å². The molecule has 1 saturated heterocycles. The number of fused-ring (bicyclic) bond motifs is 2. The molecule has 2 saturated carbocycles. The molecule has 2 aliphatic carbocycles. The summed E-state index contributed by atoms with van der Waals surface area (Å²) in [5.74, 6) is -4.27. The van der Waals surface area contributed by atoms with E-state index in [1.807, 2.05) is 6.07 Å². The van der Waals surface area contributed by atoms with Gasteiger partial charge in [0, 0.05) is 12.3 Å². The van der Waals surface area contributed by atoms with E-state index in [-0.39, 0.29) is 18.6 Å². The number of nitrogens with two attached hydrogens (primary N) is 2. The maximum absolute atomic E-state index is 14.7. The van der Waals surface area contributed by atoms with Crippen LogP contribution in [0.15, 0.2) is 0 Å². The number of primary amides is 1. The molecular weight excluding hydrogens is 253 g/mol. The lowest BCUT2D eigenvalue weighted by atomic mass is 9.90. The Labute approximate surface area is 109 Å². The van der Waals surface area contributed by atoms with E-state index in [9.17, 15) is 14.4 Å². The van der Waals surface area contributed by atoms with Crippen LogP contribution in [0.1, 0.15) is 20.3 Å². The van der Waals surface area contributed by atoms with Crippen LogP contribution >= 0.6 is 0 Å². The quantitative estimate of drug-likeness (QED) is 0.671. The average Bonchev–Trinajstić information content (AvgIpc) is 2.78. The van der Waals surface area contributed by atoms with Crippen molar-refractivity contribution in [1.82, 2.24) is 0 Å². The van der Waals surface area contributed by atoms with E-state index >= 15 is 0 Å². The molecule has 3 rings (SSSR count). The van der Waals surface area contributed by atoms with Crippen molar-refractivity contribution in [2.45, 2.75) is 49.5 Å². The summed E-state index contributed by atoms with van der Waals surface area (Å²) in [5, 5.41) is 9.21. The highest BCUT2D eigenvalue weighted by Gasteiger charge is 2.89. The fourth-order valence-electron chi connectivity index (χ4n) is 3.73. The smallest absolute Gasteiger partial charge is 0.256 e. The van der Waals surface area contributed by atoms with Crippen LogP contribution in [-0.4, -0.2) is 35.1 Å². The fraction of sp³-hybridized carbons (Fsp3) is 0.833. The molecule has 1 spiro atoms. The zero-order chi connectivity index (χ0) is 14.2. The number of amides is 1. The van der Waals surface area contributed by atoms with Gasteiger partial charge in [0.15, 0.2) is 5.79 Å². The third-order valence-corrected chi connectivity index (χ3v) is 4.71. The molecule has 1 aliphatic heterocycles. The van der Waals surface area contributed by atoms with E-state index in [4.69, 9.17) is 20.9 Å². The summed E-state index contributed by atoms with van der Waals surface area (Å²) in [5.41, 5.74) is 7.26. The zero-order valence-electron chi connectivity index (χ0n) is 10.7. The molecule has 3 unspecified atom stereocenters. The molecule has 104 valence electrons. The largest absolute Gasteiger partial charge is 0.367 e. The summed E-state index contributed by atoms with van der Waals surface area (Å²) in [6, 6.07) is 1.89. The first-order chi connectivity index (χ1) is 8.71. The number of carbonyl (C=O) groups is 1. The third kappa shape index (κ3) is 1.27. The van der Waals surface area contributed by atoms with E-state index in [1.54, 1.807) is 13.8 Å². The van der Waals surface area contributed by atoms with Crippen LogP contribution in [-0.2, 0) is 14.3 Å². The van der Waals surface area contributed by atoms with Gasteiger partial charge in [-0.2, -0.15) is 5.26 Å². The van der Waals surface area contributed by atoms with Crippen molar-refractivity contribution in [3.63, 3.8) is 0 Å². The second-order valence-electron chi connectivity index (χ2n) is 5.87. The van der Waals surface area contributed by atoms with E-state index in [0.717, 1.165) is 0 Å². The molecule has 6 atom stereocenters. The normalized spacial score (nSPS) is 58.9. The minimum atomic E-state index is -2.31. The molecule has 7 heteroatoms. The molecule has 6 nitrogen and oxygen atoms in total. The lowest BCUT2D eigenvalue weighted by Gasteiger charge is -2.31. The number of hydrogen-bond donors (Lipinski definition) is 2. The second-order valence-corrected chi connectivity index (χ2v) is 5.87. The summed E-state index contributed by atoms with van der Waals surface area (Å²) in [7, 11) is 0. The molecule has 1 heterocycles. The molecule has 0 aromatic rings. The number of alkyl halides is 1. The van der Waals surface area contributed by atoms with Crippen LogP contribution in [0.4, 0.5) is 4.39 Å². The Hall–Kier alpha value is -1.23. The van der Waals surface area contributed by atoms with Gasteiger partial charge in [-0.3, -0.25) is 4.79 Å². The van der Waals surface area contributed by atoms with E-state index in [1.165, 1.54) is 0 Å². The van der Waals surface area contributed by atoms with Crippen LogP contribution in [0.5, 0.6) is 0 Å². The topological polar surface area (TPSA) is 111 Å². The molecule has 4 N–H and O–H groups in total. The van der Waals surface area contributed by atoms with Gasteiger partial charge in [-0.15, -0.1) is 0 Å². The lowest BCUT2D eigenvalue weighted by Crippen LogP contribution is -2.51. The number of nitrogens with zero attached hydrogens (tertiary/aromatic N) is 1. The molecule has 3 fully saturated rings. The molecule has 19 heavy (non-hydrogen) atoms. The predicted molar refractivity (Wildman–Crippen MR) is 61.0 cm³/mol. The maximum atomic E-state index is 14.7. The van der Waals surface area contributed by atoms with Crippen molar-refractivity contribution >= 4 is 5.91 Å². The van der Waals surface area contributed by atoms with Gasteiger partial charge < -0.3 is 20.9 Å². The molecule has 0 bridgehead atoms. The van der Waals surface area contributed by atoms with Gasteiger partial charge in [-0.25, -0.2) is 4.39 Å². The number of hydrogen-bond acceptors (Lipinski definition) is 5. The molecule has 0 aromatic heterocycles. The average molecular weight is 269 g/mol. The van der Waals surface area contributed by atoms with Crippen LogP contribution in [0.25, 0.3) is 0 Å². The van der Waals surface area contributed by atoms with E-state index in [0.29, 0.717) is 0 Å². The Bertz CT molecular complexity index is 497. The predicted octanol–water partition coefficient (Wildman–Crippen LogP) is -0.429.